The molecule has 0 atom stereocenters. The van der Waals surface area contributed by atoms with E-state index in [1.165, 1.54) is 12.1 Å². The lowest BCUT2D eigenvalue weighted by atomic mass is 9.40. The number of benzene rings is 1. The highest BCUT2D eigenvalue weighted by molar-refractivity contribution is 6.40. The average Bonchev–Trinajstić information content (AvgIpc) is 2.16. The van der Waals surface area contributed by atoms with Crippen molar-refractivity contribution in [3.05, 3.63) is 35.4 Å². The van der Waals surface area contributed by atoms with Crippen LogP contribution in [0.3, 0.4) is 0 Å². The zero-order valence-electron chi connectivity index (χ0n) is 10.1. The van der Waals surface area contributed by atoms with E-state index in [1.54, 1.807) is 12.1 Å². The molecule has 0 aliphatic rings. The second-order valence-corrected chi connectivity index (χ2v) is 4.86. The van der Waals surface area contributed by atoms with E-state index in [4.69, 9.17) is 15.7 Å². The fraction of sp³-hybridized carbons (Fsp3) is 0.500. The second-order valence-electron chi connectivity index (χ2n) is 4.86. The van der Waals surface area contributed by atoms with E-state index < -0.39 is 16.8 Å². The predicted octanol–water partition coefficient (Wildman–Crippen LogP) is 3.07. The Labute approximate surface area is 102 Å². The Hall–Kier alpha value is -0.860. The van der Waals surface area contributed by atoms with Gasteiger partial charge in [-0.05, 0) is 6.92 Å². The lowest BCUT2D eigenvalue weighted by Gasteiger charge is -2.44. The minimum Gasteiger partial charge on any atom is -0.171 e. The molecule has 0 saturated carbocycles. The third kappa shape index (κ3) is 2.38. The minimum absolute atomic E-state index is 0.269. The van der Waals surface area contributed by atoms with Crippen molar-refractivity contribution in [2.24, 2.45) is 5.41 Å². The molecule has 17 heavy (non-hydrogen) atoms. The molecule has 1 aromatic rings. The van der Waals surface area contributed by atoms with Crippen molar-refractivity contribution in [1.82, 2.24) is 0 Å². The molecule has 0 saturated heterocycles. The Morgan fingerprint density at radius 1 is 0.941 bits per heavy atom. The van der Waals surface area contributed by atoms with E-state index in [2.05, 4.69) is 0 Å². The first-order valence-electron chi connectivity index (χ1n) is 5.22. The summed E-state index contributed by atoms with van der Waals surface area (Å²) in [6.45, 7) is 3.85. The maximum absolute atomic E-state index is 12.9. The molecule has 0 aliphatic carbocycles. The van der Waals surface area contributed by atoms with Crippen LogP contribution >= 0.6 is 0 Å². The fourth-order valence-electron chi connectivity index (χ4n) is 1.42. The second kappa shape index (κ2) is 4.11. The number of aryl methyl sites for hydroxylation is 1. The molecule has 1 rings (SSSR count). The maximum atomic E-state index is 12.9. The van der Waals surface area contributed by atoms with Crippen LogP contribution in [0.15, 0.2) is 24.3 Å². The molecular weight excluding hydrogens is 223 g/mol. The van der Waals surface area contributed by atoms with Gasteiger partial charge in [-0.15, -0.1) is 0 Å². The van der Waals surface area contributed by atoms with Gasteiger partial charge in [0.1, 0.15) is 0 Å². The van der Waals surface area contributed by atoms with Crippen molar-refractivity contribution in [3.8, 4) is 0 Å². The summed E-state index contributed by atoms with van der Waals surface area (Å²) in [7, 11) is 11.4. The van der Waals surface area contributed by atoms with Crippen LogP contribution in [0.5, 0.6) is 0 Å². The summed E-state index contributed by atoms with van der Waals surface area (Å²) in [6.07, 6.45) is -4.47. The van der Waals surface area contributed by atoms with Gasteiger partial charge in [-0.2, -0.15) is 13.2 Å². The van der Waals surface area contributed by atoms with Crippen molar-refractivity contribution in [1.29, 1.82) is 0 Å². The lowest BCUT2D eigenvalue weighted by molar-refractivity contribution is -0.217. The zero-order chi connectivity index (χ0) is 13.5. The summed E-state index contributed by atoms with van der Waals surface area (Å²) in [4.78, 5) is 0. The van der Waals surface area contributed by atoms with Crippen LogP contribution in [0.4, 0.5) is 13.2 Å². The van der Waals surface area contributed by atoms with E-state index in [0.29, 0.717) is 0 Å². The van der Waals surface area contributed by atoms with E-state index in [9.17, 15) is 13.2 Å². The highest BCUT2D eigenvalue weighted by Gasteiger charge is 2.55. The maximum Gasteiger partial charge on any atom is 0.393 e. The van der Waals surface area contributed by atoms with Gasteiger partial charge in [0.2, 0.25) is 0 Å². The monoisotopic (exact) mass is 236 g/mol. The quantitative estimate of drug-likeness (QED) is 0.692. The van der Waals surface area contributed by atoms with E-state index in [1.807, 2.05) is 6.92 Å². The SMILES string of the molecule is [B]C([B])(c1ccc(C)cc1)C(C)(C)C(F)(F)F. The first-order chi connectivity index (χ1) is 7.50. The summed E-state index contributed by atoms with van der Waals surface area (Å²) in [5.41, 5.74) is -1.00. The Bertz CT molecular complexity index is 391. The Morgan fingerprint density at radius 3 is 1.71 bits per heavy atom. The summed E-state index contributed by atoms with van der Waals surface area (Å²) in [5, 5.41) is -1.96. The average molecular weight is 236 g/mol. The van der Waals surface area contributed by atoms with Gasteiger partial charge in [-0.25, -0.2) is 0 Å². The van der Waals surface area contributed by atoms with Gasteiger partial charge < -0.3 is 0 Å². The molecule has 0 nitrogen and oxygen atoms in total. The first-order valence-corrected chi connectivity index (χ1v) is 5.22. The van der Waals surface area contributed by atoms with Crippen molar-refractivity contribution in [2.75, 3.05) is 0 Å². The molecular formula is C12H13B2F3. The molecule has 0 heterocycles. The molecule has 0 aliphatic heterocycles. The normalized spacial score (nSPS) is 13.8. The van der Waals surface area contributed by atoms with Gasteiger partial charge in [0.05, 0.1) is 21.1 Å². The summed E-state index contributed by atoms with van der Waals surface area (Å²) in [6, 6.07) is 6.44. The topological polar surface area (TPSA) is 0 Å². The highest BCUT2D eigenvalue weighted by atomic mass is 19.4. The largest absolute Gasteiger partial charge is 0.393 e. The van der Waals surface area contributed by atoms with Crippen LogP contribution in [-0.2, 0) is 5.21 Å². The van der Waals surface area contributed by atoms with E-state index in [0.717, 1.165) is 19.4 Å². The van der Waals surface area contributed by atoms with Gasteiger partial charge in [0.25, 0.3) is 0 Å². The minimum atomic E-state index is -4.47. The van der Waals surface area contributed by atoms with Gasteiger partial charge >= 0.3 is 6.18 Å². The van der Waals surface area contributed by atoms with Crippen molar-refractivity contribution in [3.63, 3.8) is 0 Å². The van der Waals surface area contributed by atoms with Crippen LogP contribution in [0, 0.1) is 12.3 Å². The fourth-order valence-corrected chi connectivity index (χ4v) is 1.42. The summed E-state index contributed by atoms with van der Waals surface area (Å²) in [5.74, 6) is 0. The molecule has 1 aromatic carbocycles. The van der Waals surface area contributed by atoms with Crippen LogP contribution in [0.25, 0.3) is 0 Å². The van der Waals surface area contributed by atoms with E-state index in [-0.39, 0.29) is 5.56 Å². The van der Waals surface area contributed by atoms with Crippen molar-refractivity contribution in [2.45, 2.75) is 32.2 Å². The van der Waals surface area contributed by atoms with Gasteiger partial charge in [0, 0.05) is 0 Å². The molecule has 88 valence electrons. The van der Waals surface area contributed by atoms with Crippen LogP contribution < -0.4 is 0 Å². The molecule has 4 radical (unpaired) electrons. The Balaban J connectivity index is 3.23. The molecule has 0 amide bonds. The molecule has 5 heteroatoms. The highest BCUT2D eigenvalue weighted by Crippen LogP contribution is 2.48. The summed E-state index contributed by atoms with van der Waals surface area (Å²) < 4.78 is 38.8. The number of hydrogen-bond donors (Lipinski definition) is 0. The van der Waals surface area contributed by atoms with Crippen LogP contribution in [0.1, 0.15) is 25.0 Å². The smallest absolute Gasteiger partial charge is 0.171 e. The van der Waals surface area contributed by atoms with Crippen LogP contribution in [-0.4, -0.2) is 21.9 Å². The number of hydrogen-bond acceptors (Lipinski definition) is 0. The van der Waals surface area contributed by atoms with Crippen molar-refractivity contribution < 1.29 is 13.2 Å². The number of halogens is 3. The summed E-state index contributed by atoms with van der Waals surface area (Å²) >= 11 is 0. The predicted molar refractivity (Wildman–Crippen MR) is 64.2 cm³/mol. The third-order valence-corrected chi connectivity index (χ3v) is 3.27. The first kappa shape index (κ1) is 14.2. The molecule has 0 N–H and O–H groups in total. The number of rotatable bonds is 2. The Morgan fingerprint density at radius 2 is 1.35 bits per heavy atom. The van der Waals surface area contributed by atoms with Crippen molar-refractivity contribution >= 4 is 15.7 Å². The van der Waals surface area contributed by atoms with Gasteiger partial charge in [-0.3, -0.25) is 0 Å². The number of alkyl halides is 3. The lowest BCUT2D eigenvalue weighted by Crippen LogP contribution is -2.52. The Kier molecular flexibility index (Phi) is 3.43. The molecule has 0 unspecified atom stereocenters. The molecule has 0 bridgehead atoms. The zero-order valence-corrected chi connectivity index (χ0v) is 10.1. The third-order valence-electron chi connectivity index (χ3n) is 3.27. The molecule has 0 spiro atoms. The van der Waals surface area contributed by atoms with E-state index >= 15 is 0 Å². The molecule has 0 fully saturated rings. The van der Waals surface area contributed by atoms with Gasteiger partial charge in [-0.1, -0.05) is 54.5 Å². The molecule has 0 aromatic heterocycles. The van der Waals surface area contributed by atoms with Gasteiger partial charge in [0.15, 0.2) is 0 Å². The van der Waals surface area contributed by atoms with Crippen LogP contribution in [0.2, 0.25) is 0 Å². The standard InChI is InChI=1S/C12H13B2F3/c1-8-4-6-9(7-5-8)11(13,14)10(2,3)12(15,16)17/h4-7H,1-3H3.